The summed E-state index contributed by atoms with van der Waals surface area (Å²) in [6.45, 7) is 1.23. The number of phenolic OH excluding ortho intramolecular Hbond substituents is 1. The van der Waals surface area contributed by atoms with E-state index in [2.05, 4.69) is 0 Å². The Morgan fingerprint density at radius 3 is 2.75 bits per heavy atom. The molecule has 0 saturated heterocycles. The van der Waals surface area contributed by atoms with Gasteiger partial charge in [0, 0.05) is 19.6 Å². The summed E-state index contributed by atoms with van der Waals surface area (Å²) in [5, 5.41) is 18.3. The average molecular weight is 225 g/mol. The minimum absolute atomic E-state index is 0.0202. The van der Waals surface area contributed by atoms with Gasteiger partial charge in [-0.1, -0.05) is 6.07 Å². The number of ether oxygens (including phenoxy) is 1. The summed E-state index contributed by atoms with van der Waals surface area (Å²) >= 11 is 0. The molecule has 0 aromatic heterocycles. The summed E-state index contributed by atoms with van der Waals surface area (Å²) in [6, 6.07) is 4.21. The molecule has 1 aromatic carbocycles. The lowest BCUT2D eigenvalue weighted by molar-refractivity contribution is -0.132. The number of rotatable bonds is 4. The van der Waals surface area contributed by atoms with Gasteiger partial charge in [0.05, 0.1) is 0 Å². The maximum absolute atomic E-state index is 10.7. The molecule has 0 aliphatic rings. The van der Waals surface area contributed by atoms with Crippen molar-refractivity contribution in [1.82, 2.24) is 0 Å². The highest BCUT2D eigenvalue weighted by atomic mass is 16.5. The highest BCUT2D eigenvalue weighted by Gasteiger charge is 2.10. The fourth-order valence-corrected chi connectivity index (χ4v) is 1.31. The van der Waals surface area contributed by atoms with Gasteiger partial charge in [0.15, 0.2) is 11.5 Å². The number of aliphatic hydroxyl groups excluding tert-OH is 1. The topological polar surface area (TPSA) is 92.8 Å². The van der Waals surface area contributed by atoms with E-state index in [0.29, 0.717) is 12.0 Å². The maximum Gasteiger partial charge on any atom is 0.308 e. The maximum atomic E-state index is 10.7. The summed E-state index contributed by atoms with van der Waals surface area (Å²) in [7, 11) is 0. The summed E-state index contributed by atoms with van der Waals surface area (Å²) in [5.41, 5.74) is 6.43. The first kappa shape index (κ1) is 12.5. The molecule has 1 aromatic rings. The van der Waals surface area contributed by atoms with Crippen LogP contribution >= 0.6 is 0 Å². The Hall–Kier alpha value is -1.59. The molecule has 1 atom stereocenters. The monoisotopic (exact) mass is 225 g/mol. The molecule has 1 rings (SSSR count). The number of aromatic hydroxyl groups is 1. The van der Waals surface area contributed by atoms with E-state index in [9.17, 15) is 9.90 Å². The van der Waals surface area contributed by atoms with Gasteiger partial charge in [-0.3, -0.25) is 4.79 Å². The van der Waals surface area contributed by atoms with E-state index >= 15 is 0 Å². The van der Waals surface area contributed by atoms with E-state index in [1.54, 1.807) is 6.07 Å². The Morgan fingerprint density at radius 2 is 2.25 bits per heavy atom. The zero-order chi connectivity index (χ0) is 12.1. The van der Waals surface area contributed by atoms with Gasteiger partial charge in [0.1, 0.15) is 0 Å². The van der Waals surface area contributed by atoms with Gasteiger partial charge < -0.3 is 20.7 Å². The van der Waals surface area contributed by atoms with Crippen LogP contribution in [0.4, 0.5) is 0 Å². The molecule has 0 bridgehead atoms. The number of carbonyl (C=O) groups is 1. The predicted molar refractivity (Wildman–Crippen MR) is 58.0 cm³/mol. The molecular formula is C11H15NO4. The Bertz CT molecular complexity index is 378. The third-order valence-corrected chi connectivity index (χ3v) is 2.10. The number of carbonyl (C=O) groups excluding carboxylic acids is 1. The molecule has 0 fully saturated rings. The molecule has 0 amide bonds. The Labute approximate surface area is 93.5 Å². The summed E-state index contributed by atoms with van der Waals surface area (Å²) in [5.74, 6) is -0.531. The summed E-state index contributed by atoms with van der Waals surface area (Å²) in [4.78, 5) is 10.7. The van der Waals surface area contributed by atoms with Crippen molar-refractivity contribution in [3.05, 3.63) is 23.8 Å². The molecule has 0 spiro atoms. The second-order valence-corrected chi connectivity index (χ2v) is 3.44. The Morgan fingerprint density at radius 1 is 1.56 bits per heavy atom. The van der Waals surface area contributed by atoms with Crippen LogP contribution in [0.1, 0.15) is 24.9 Å². The minimum atomic E-state index is -0.497. The lowest BCUT2D eigenvalue weighted by Gasteiger charge is -2.12. The predicted octanol–water partition coefficient (Wildman–Crippen LogP) is 0.700. The Balaban J connectivity index is 2.85. The molecule has 0 radical (unpaired) electrons. The van der Waals surface area contributed by atoms with Crippen LogP contribution in [0.2, 0.25) is 0 Å². The molecule has 0 aliphatic carbocycles. The summed E-state index contributed by atoms with van der Waals surface area (Å²) in [6.07, 6.45) is 0.409. The first-order valence-corrected chi connectivity index (χ1v) is 4.92. The fraction of sp³-hybridized carbons (Fsp3) is 0.364. The fourth-order valence-electron chi connectivity index (χ4n) is 1.31. The minimum Gasteiger partial charge on any atom is -0.504 e. The average Bonchev–Trinajstić information content (AvgIpc) is 2.20. The first-order chi connectivity index (χ1) is 7.54. The molecule has 0 heterocycles. The highest BCUT2D eigenvalue weighted by molar-refractivity contribution is 5.70. The molecule has 5 nitrogen and oxygen atoms in total. The molecule has 0 saturated carbocycles. The molecule has 5 heteroatoms. The van der Waals surface area contributed by atoms with Crippen LogP contribution < -0.4 is 10.5 Å². The van der Waals surface area contributed by atoms with Gasteiger partial charge in [-0.05, 0) is 24.1 Å². The van der Waals surface area contributed by atoms with E-state index in [-0.39, 0.29) is 24.1 Å². The van der Waals surface area contributed by atoms with E-state index in [1.165, 1.54) is 19.1 Å². The second-order valence-electron chi connectivity index (χ2n) is 3.44. The van der Waals surface area contributed by atoms with Crippen molar-refractivity contribution in [3.8, 4) is 11.5 Å². The van der Waals surface area contributed by atoms with E-state index < -0.39 is 5.97 Å². The third kappa shape index (κ3) is 3.22. The second kappa shape index (κ2) is 5.48. The lowest BCUT2D eigenvalue weighted by atomic mass is 10.0. The van der Waals surface area contributed by atoms with Crippen LogP contribution in [-0.2, 0) is 4.79 Å². The third-order valence-electron chi connectivity index (χ3n) is 2.10. The van der Waals surface area contributed by atoms with Crippen LogP contribution in [0.5, 0.6) is 11.5 Å². The quantitative estimate of drug-likeness (QED) is 0.518. The number of esters is 1. The van der Waals surface area contributed by atoms with Crippen molar-refractivity contribution in [1.29, 1.82) is 0 Å². The van der Waals surface area contributed by atoms with Crippen molar-refractivity contribution >= 4 is 5.97 Å². The van der Waals surface area contributed by atoms with Gasteiger partial charge >= 0.3 is 5.97 Å². The molecule has 0 unspecified atom stereocenters. The number of hydrogen-bond acceptors (Lipinski definition) is 5. The van der Waals surface area contributed by atoms with Gasteiger partial charge in [-0.25, -0.2) is 0 Å². The van der Waals surface area contributed by atoms with E-state index in [4.69, 9.17) is 15.6 Å². The standard InChI is InChI=1S/C11H15NO4/c1-7(14)16-11-3-2-8(6-10(11)15)9(12)4-5-13/h2-3,6,9,13,15H,4-5,12H2,1H3/t9-/m0/s1. The van der Waals surface area contributed by atoms with Crippen LogP contribution in [-0.4, -0.2) is 22.8 Å². The molecular weight excluding hydrogens is 210 g/mol. The number of nitrogens with two attached hydrogens (primary N) is 1. The normalized spacial score (nSPS) is 12.2. The number of benzene rings is 1. The van der Waals surface area contributed by atoms with Crippen LogP contribution in [0.15, 0.2) is 18.2 Å². The number of aliphatic hydroxyl groups is 1. The number of phenols is 1. The van der Waals surface area contributed by atoms with Crippen LogP contribution in [0, 0.1) is 0 Å². The first-order valence-electron chi connectivity index (χ1n) is 4.92. The zero-order valence-electron chi connectivity index (χ0n) is 9.01. The Kier molecular flexibility index (Phi) is 4.28. The summed E-state index contributed by atoms with van der Waals surface area (Å²) < 4.78 is 4.76. The lowest BCUT2D eigenvalue weighted by Crippen LogP contribution is -2.12. The van der Waals surface area contributed by atoms with Crippen molar-refractivity contribution in [2.75, 3.05) is 6.61 Å². The largest absolute Gasteiger partial charge is 0.504 e. The van der Waals surface area contributed by atoms with Crippen molar-refractivity contribution in [3.63, 3.8) is 0 Å². The molecule has 0 aliphatic heterocycles. The van der Waals surface area contributed by atoms with Crippen LogP contribution in [0.25, 0.3) is 0 Å². The highest BCUT2D eigenvalue weighted by Crippen LogP contribution is 2.29. The van der Waals surface area contributed by atoms with Gasteiger partial charge in [-0.2, -0.15) is 0 Å². The van der Waals surface area contributed by atoms with Gasteiger partial charge in [0.25, 0.3) is 0 Å². The van der Waals surface area contributed by atoms with Crippen molar-refractivity contribution < 1.29 is 19.7 Å². The van der Waals surface area contributed by atoms with Crippen LogP contribution in [0.3, 0.4) is 0 Å². The van der Waals surface area contributed by atoms with Gasteiger partial charge in [0.2, 0.25) is 0 Å². The van der Waals surface area contributed by atoms with E-state index in [1.807, 2.05) is 0 Å². The molecule has 88 valence electrons. The SMILES string of the molecule is CC(=O)Oc1ccc([C@@H](N)CCO)cc1O. The van der Waals surface area contributed by atoms with Crippen molar-refractivity contribution in [2.24, 2.45) is 5.73 Å². The molecule has 16 heavy (non-hydrogen) atoms. The van der Waals surface area contributed by atoms with Crippen molar-refractivity contribution in [2.45, 2.75) is 19.4 Å². The smallest absolute Gasteiger partial charge is 0.308 e. The van der Waals surface area contributed by atoms with Gasteiger partial charge in [-0.15, -0.1) is 0 Å². The number of hydrogen-bond donors (Lipinski definition) is 3. The van der Waals surface area contributed by atoms with E-state index in [0.717, 1.165) is 0 Å². The molecule has 4 N–H and O–H groups in total. The zero-order valence-corrected chi connectivity index (χ0v) is 9.01.